The van der Waals surface area contributed by atoms with E-state index in [2.05, 4.69) is 21.2 Å². The molecule has 1 fully saturated rings. The Hall–Kier alpha value is -3.66. The Morgan fingerprint density at radius 3 is 2.13 bits per heavy atom. The Kier molecular flexibility index (Phi) is 11.8. The number of carbonyl (C=O) groups excluding carboxylic acids is 2. The maximum absolute atomic E-state index is 14.6. The molecular weight excluding hydrogens is 698 g/mol. The number of carbonyl (C=O) groups is 2. The summed E-state index contributed by atoms with van der Waals surface area (Å²) in [7, 11) is -4.17. The molecule has 2 amide bonds. The van der Waals surface area contributed by atoms with Gasteiger partial charge in [-0.15, -0.1) is 0 Å². The van der Waals surface area contributed by atoms with Crippen molar-refractivity contribution < 1.29 is 18.0 Å². The first-order valence-electron chi connectivity index (χ1n) is 15.8. The minimum absolute atomic E-state index is 0.0307. The molecule has 0 spiro atoms. The van der Waals surface area contributed by atoms with Gasteiger partial charge in [-0.1, -0.05) is 107 Å². The lowest BCUT2D eigenvalue weighted by molar-refractivity contribution is -0.140. The van der Waals surface area contributed by atoms with Crippen molar-refractivity contribution in [2.75, 3.05) is 10.8 Å². The van der Waals surface area contributed by atoms with Gasteiger partial charge >= 0.3 is 0 Å². The molecule has 1 aliphatic rings. The van der Waals surface area contributed by atoms with E-state index in [9.17, 15) is 18.0 Å². The average Bonchev–Trinajstić information content (AvgIpc) is 3.07. The number of aryl methyl sites for hydroxylation is 1. The zero-order valence-electron chi connectivity index (χ0n) is 26.3. The summed E-state index contributed by atoms with van der Waals surface area (Å²) < 4.78 is 30.3. The fourth-order valence-electron chi connectivity index (χ4n) is 5.86. The number of amides is 2. The molecule has 246 valence electrons. The zero-order chi connectivity index (χ0) is 33.4. The van der Waals surface area contributed by atoms with E-state index in [0.717, 1.165) is 57.6 Å². The van der Waals surface area contributed by atoms with E-state index >= 15 is 0 Å². The molecule has 4 aromatic carbocycles. The summed E-state index contributed by atoms with van der Waals surface area (Å²) in [6, 6.07) is 29.2. The molecule has 0 bridgehead atoms. The first-order valence-corrected chi connectivity index (χ1v) is 18.4. The highest BCUT2D eigenvalue weighted by molar-refractivity contribution is 9.10. The average molecular weight is 737 g/mol. The molecule has 0 saturated heterocycles. The summed E-state index contributed by atoms with van der Waals surface area (Å²) in [6.45, 7) is 1.46. The van der Waals surface area contributed by atoms with Crippen LogP contribution < -0.4 is 9.62 Å². The van der Waals surface area contributed by atoms with E-state index < -0.39 is 28.5 Å². The summed E-state index contributed by atoms with van der Waals surface area (Å²) >= 11 is 9.61. The smallest absolute Gasteiger partial charge is 0.264 e. The van der Waals surface area contributed by atoms with Crippen molar-refractivity contribution in [2.45, 2.75) is 69.0 Å². The van der Waals surface area contributed by atoms with E-state index in [4.69, 9.17) is 11.6 Å². The molecule has 1 aliphatic carbocycles. The van der Waals surface area contributed by atoms with E-state index in [1.807, 2.05) is 49.4 Å². The Labute approximate surface area is 291 Å². The molecule has 4 aromatic rings. The van der Waals surface area contributed by atoms with Gasteiger partial charge in [0.15, 0.2) is 0 Å². The first kappa shape index (κ1) is 34.7. The van der Waals surface area contributed by atoms with Crippen LogP contribution in [0, 0.1) is 6.92 Å². The molecule has 10 heteroatoms. The monoisotopic (exact) mass is 735 g/mol. The Balaban J connectivity index is 1.55. The molecule has 1 atom stereocenters. The molecule has 47 heavy (non-hydrogen) atoms. The van der Waals surface area contributed by atoms with Crippen molar-refractivity contribution in [3.05, 3.63) is 129 Å². The number of benzene rings is 4. The summed E-state index contributed by atoms with van der Waals surface area (Å²) in [4.78, 5) is 30.4. The number of anilines is 1. The molecule has 1 N–H and O–H groups in total. The number of halogens is 2. The summed E-state index contributed by atoms with van der Waals surface area (Å²) in [5.41, 5.74) is 2.90. The Morgan fingerprint density at radius 1 is 0.851 bits per heavy atom. The van der Waals surface area contributed by atoms with Crippen LogP contribution in [0.4, 0.5) is 5.69 Å². The third kappa shape index (κ3) is 9.24. The third-order valence-electron chi connectivity index (χ3n) is 8.49. The van der Waals surface area contributed by atoms with Crippen LogP contribution in [0.2, 0.25) is 5.02 Å². The van der Waals surface area contributed by atoms with Crippen molar-refractivity contribution in [2.24, 2.45) is 0 Å². The molecule has 5 rings (SSSR count). The predicted molar refractivity (Wildman–Crippen MR) is 191 cm³/mol. The first-order chi connectivity index (χ1) is 22.6. The summed E-state index contributed by atoms with van der Waals surface area (Å²) in [6.07, 6.45) is 5.27. The van der Waals surface area contributed by atoms with E-state index in [1.165, 1.54) is 4.90 Å². The molecule has 0 aliphatic heterocycles. The number of nitrogens with zero attached hydrogens (tertiary/aromatic N) is 2. The second-order valence-corrected chi connectivity index (χ2v) is 15.2. The van der Waals surface area contributed by atoms with E-state index in [1.54, 1.807) is 60.7 Å². The molecular formula is C37H39BrClN3O4S. The van der Waals surface area contributed by atoms with Crippen LogP contribution in [-0.4, -0.2) is 43.8 Å². The highest BCUT2D eigenvalue weighted by Gasteiger charge is 2.35. The van der Waals surface area contributed by atoms with Crippen LogP contribution >= 0.6 is 27.5 Å². The Morgan fingerprint density at radius 2 is 1.49 bits per heavy atom. The maximum Gasteiger partial charge on any atom is 0.264 e. The fraction of sp³-hybridized carbons (Fsp3) is 0.297. The van der Waals surface area contributed by atoms with Crippen LogP contribution in [0.1, 0.15) is 48.8 Å². The van der Waals surface area contributed by atoms with Gasteiger partial charge in [-0.3, -0.25) is 13.9 Å². The van der Waals surface area contributed by atoms with Crippen LogP contribution in [0.3, 0.4) is 0 Å². The van der Waals surface area contributed by atoms with Gasteiger partial charge in [0, 0.05) is 28.5 Å². The molecule has 1 saturated carbocycles. The number of hydrogen-bond donors (Lipinski definition) is 1. The summed E-state index contributed by atoms with van der Waals surface area (Å²) in [5.74, 6) is -0.752. The second kappa shape index (κ2) is 16.0. The van der Waals surface area contributed by atoms with Gasteiger partial charge in [0.2, 0.25) is 11.8 Å². The van der Waals surface area contributed by atoms with Gasteiger partial charge in [-0.2, -0.15) is 0 Å². The van der Waals surface area contributed by atoms with Crippen LogP contribution in [0.15, 0.2) is 112 Å². The van der Waals surface area contributed by atoms with Crippen molar-refractivity contribution in [3.8, 4) is 0 Å². The fourth-order valence-corrected chi connectivity index (χ4v) is 7.66. The number of hydrogen-bond acceptors (Lipinski definition) is 4. The molecule has 0 heterocycles. The van der Waals surface area contributed by atoms with Crippen LogP contribution in [0.5, 0.6) is 0 Å². The van der Waals surface area contributed by atoms with Crippen LogP contribution in [0.25, 0.3) is 0 Å². The standard InChI is InChI=1S/C37H39BrClN3O4S/c1-27-12-22-34(23-13-27)47(45,46)42(33-20-16-30(38)17-21-33)26-36(43)41(25-29-14-18-31(39)19-15-29)35(24-28-8-4-2-5-9-28)37(44)40-32-10-6-3-7-11-32/h2,4-5,8-9,12-23,32,35H,3,6-7,10-11,24-26H2,1H3,(H,40,44)/t35-/m1/s1. The molecule has 0 radical (unpaired) electrons. The van der Waals surface area contributed by atoms with Crippen molar-refractivity contribution in [1.29, 1.82) is 0 Å². The molecule has 7 nitrogen and oxygen atoms in total. The lowest BCUT2D eigenvalue weighted by Crippen LogP contribution is -2.55. The SMILES string of the molecule is Cc1ccc(S(=O)(=O)N(CC(=O)N(Cc2ccc(Cl)cc2)[C@H](Cc2ccccc2)C(=O)NC2CCCCC2)c2ccc(Br)cc2)cc1. The number of sulfonamides is 1. The Bertz CT molecular complexity index is 1750. The highest BCUT2D eigenvalue weighted by atomic mass is 79.9. The largest absolute Gasteiger partial charge is 0.352 e. The second-order valence-electron chi connectivity index (χ2n) is 12.0. The van der Waals surface area contributed by atoms with Gasteiger partial charge in [0.25, 0.3) is 10.0 Å². The van der Waals surface area contributed by atoms with Crippen molar-refractivity contribution in [3.63, 3.8) is 0 Å². The highest BCUT2D eigenvalue weighted by Crippen LogP contribution is 2.27. The van der Waals surface area contributed by atoms with Gasteiger partial charge in [0.05, 0.1) is 10.6 Å². The minimum atomic E-state index is -4.17. The maximum atomic E-state index is 14.6. The molecule has 0 unspecified atom stereocenters. The van der Waals surface area contributed by atoms with E-state index in [0.29, 0.717) is 10.7 Å². The zero-order valence-corrected chi connectivity index (χ0v) is 29.5. The lowest BCUT2D eigenvalue weighted by Gasteiger charge is -2.35. The third-order valence-corrected chi connectivity index (χ3v) is 11.1. The van der Waals surface area contributed by atoms with Crippen molar-refractivity contribution >= 4 is 55.1 Å². The number of nitrogens with one attached hydrogen (secondary N) is 1. The van der Waals surface area contributed by atoms with Gasteiger partial charge < -0.3 is 10.2 Å². The van der Waals surface area contributed by atoms with Crippen molar-refractivity contribution in [1.82, 2.24) is 10.2 Å². The topological polar surface area (TPSA) is 86.8 Å². The summed E-state index contributed by atoms with van der Waals surface area (Å²) in [5, 5.41) is 3.78. The normalized spacial score (nSPS) is 14.3. The van der Waals surface area contributed by atoms with E-state index in [-0.39, 0.29) is 29.8 Å². The molecule has 0 aromatic heterocycles. The van der Waals surface area contributed by atoms with Gasteiger partial charge in [-0.25, -0.2) is 8.42 Å². The minimum Gasteiger partial charge on any atom is -0.352 e. The predicted octanol–water partition coefficient (Wildman–Crippen LogP) is 7.70. The quantitative estimate of drug-likeness (QED) is 0.162. The number of rotatable bonds is 12. The van der Waals surface area contributed by atoms with Crippen LogP contribution in [-0.2, 0) is 32.6 Å². The van der Waals surface area contributed by atoms with Gasteiger partial charge in [0.1, 0.15) is 12.6 Å². The lowest BCUT2D eigenvalue weighted by atomic mass is 9.94. The van der Waals surface area contributed by atoms with Gasteiger partial charge in [-0.05, 0) is 79.4 Å².